The van der Waals surface area contributed by atoms with Gasteiger partial charge >= 0.3 is 0 Å². The molecule has 0 unspecified atom stereocenters. The van der Waals surface area contributed by atoms with Gasteiger partial charge in [-0.25, -0.2) is 0 Å². The number of Topliss-reactive ketones (excluding diaryl/α,β-unsaturated/α-hetero) is 1. The van der Waals surface area contributed by atoms with Gasteiger partial charge in [0.15, 0.2) is 5.78 Å². The predicted octanol–water partition coefficient (Wildman–Crippen LogP) is 5.36. The maximum absolute atomic E-state index is 14.0. The summed E-state index contributed by atoms with van der Waals surface area (Å²) in [5.74, 6) is 1.55. The first-order valence-corrected chi connectivity index (χ1v) is 14.0. The number of ketones is 2. The fraction of sp³-hybridized carbons (Fsp3) is 0.625. The quantitative estimate of drug-likeness (QED) is 0.621. The number of nitrogens with zero attached hydrogens (tertiary/aromatic N) is 1. The van der Waals surface area contributed by atoms with Gasteiger partial charge in [-0.15, -0.1) is 0 Å². The molecule has 1 N–H and O–H groups in total. The van der Waals surface area contributed by atoms with Crippen LogP contribution >= 0.6 is 0 Å². The molecule has 4 nitrogen and oxygen atoms in total. The average molecular weight is 488 g/mol. The van der Waals surface area contributed by atoms with Crippen molar-refractivity contribution in [2.24, 2.45) is 39.4 Å². The van der Waals surface area contributed by atoms with E-state index in [2.05, 4.69) is 62.1 Å². The van der Waals surface area contributed by atoms with Gasteiger partial charge in [0.05, 0.1) is 11.5 Å². The zero-order valence-electron chi connectivity index (χ0n) is 22.3. The highest BCUT2D eigenvalue weighted by atomic mass is 16.3. The van der Waals surface area contributed by atoms with Crippen molar-refractivity contribution < 1.29 is 14.7 Å². The molecule has 1 aromatic rings. The summed E-state index contributed by atoms with van der Waals surface area (Å²) in [5, 5.41) is 12.1. The molecular weight excluding hydrogens is 446 g/mol. The van der Waals surface area contributed by atoms with E-state index in [0.717, 1.165) is 38.9 Å². The smallest absolute Gasteiger partial charge is 0.178 e. The second-order valence-corrected chi connectivity index (χ2v) is 13.1. The third kappa shape index (κ3) is 2.89. The van der Waals surface area contributed by atoms with E-state index in [-0.39, 0.29) is 27.4 Å². The van der Waals surface area contributed by atoms with Crippen LogP contribution in [0.3, 0.4) is 0 Å². The minimum absolute atomic E-state index is 0.0704. The van der Waals surface area contributed by atoms with Crippen molar-refractivity contribution in [2.45, 2.75) is 72.4 Å². The van der Waals surface area contributed by atoms with Gasteiger partial charge in [-0.1, -0.05) is 69.7 Å². The fourth-order valence-electron chi connectivity index (χ4n) is 10.1. The minimum atomic E-state index is -0.515. The van der Waals surface area contributed by atoms with E-state index in [1.54, 1.807) is 6.08 Å². The normalized spacial score (nSPS) is 45.5. The highest BCUT2D eigenvalue weighted by molar-refractivity contribution is 6.01. The molecule has 5 aliphatic rings. The lowest BCUT2D eigenvalue weighted by Gasteiger charge is -2.66. The van der Waals surface area contributed by atoms with Crippen LogP contribution in [-0.2, 0) is 16.1 Å². The van der Waals surface area contributed by atoms with Crippen LogP contribution in [0.1, 0.15) is 65.4 Å². The molecule has 0 aromatic heterocycles. The lowest BCUT2D eigenvalue weighted by atomic mass is 9.39. The van der Waals surface area contributed by atoms with Gasteiger partial charge in [-0.05, 0) is 66.6 Å². The van der Waals surface area contributed by atoms with Crippen LogP contribution in [-0.4, -0.2) is 40.8 Å². The van der Waals surface area contributed by atoms with Crippen molar-refractivity contribution >= 4 is 11.6 Å². The summed E-state index contributed by atoms with van der Waals surface area (Å²) in [6, 6.07) is 10.6. The molecule has 192 valence electrons. The Hall–Kier alpha value is -2.04. The summed E-state index contributed by atoms with van der Waals surface area (Å²) < 4.78 is 0. The second kappa shape index (κ2) is 7.98. The SMILES string of the molecule is CCC(=O)[C@@]12CN(Cc3ccccc3)C[C@@H]1C[C@H]1[C@@H]3CCC4=CC(=O)C=C[C@]4(C)[C@@]3(C)[C@@H](O)C[C@@]12C. The largest absolute Gasteiger partial charge is 0.392 e. The maximum Gasteiger partial charge on any atom is 0.178 e. The number of aliphatic hydroxyl groups excluding tert-OH is 1. The van der Waals surface area contributed by atoms with E-state index >= 15 is 0 Å². The molecule has 8 atom stereocenters. The van der Waals surface area contributed by atoms with Gasteiger partial charge in [0, 0.05) is 36.9 Å². The highest BCUT2D eigenvalue weighted by Crippen LogP contribution is 2.75. The van der Waals surface area contributed by atoms with Gasteiger partial charge in [0.1, 0.15) is 5.78 Å². The van der Waals surface area contributed by atoms with Crippen LogP contribution in [0.15, 0.2) is 54.1 Å². The van der Waals surface area contributed by atoms with Gasteiger partial charge in [0.25, 0.3) is 0 Å². The molecule has 3 saturated carbocycles. The van der Waals surface area contributed by atoms with E-state index in [4.69, 9.17) is 0 Å². The Labute approximate surface area is 215 Å². The van der Waals surface area contributed by atoms with E-state index in [1.807, 2.05) is 13.0 Å². The Kier molecular flexibility index (Phi) is 5.39. The lowest BCUT2D eigenvalue weighted by molar-refractivity contribution is -0.191. The molecule has 4 aliphatic carbocycles. The van der Waals surface area contributed by atoms with Gasteiger partial charge in [0.2, 0.25) is 0 Å². The first-order chi connectivity index (χ1) is 17.1. The summed E-state index contributed by atoms with van der Waals surface area (Å²) in [4.78, 5) is 28.7. The summed E-state index contributed by atoms with van der Waals surface area (Å²) in [5.41, 5.74) is 1.22. The van der Waals surface area contributed by atoms with Crippen molar-refractivity contribution in [3.8, 4) is 0 Å². The van der Waals surface area contributed by atoms with E-state index < -0.39 is 6.10 Å². The summed E-state index contributed by atoms with van der Waals surface area (Å²) in [6.45, 7) is 11.5. The van der Waals surface area contributed by atoms with Gasteiger partial charge in [-0.2, -0.15) is 0 Å². The second-order valence-electron chi connectivity index (χ2n) is 13.1. The molecule has 1 aromatic carbocycles. The predicted molar refractivity (Wildman–Crippen MR) is 141 cm³/mol. The number of carbonyl (C=O) groups is 2. The number of benzene rings is 1. The highest BCUT2D eigenvalue weighted by Gasteiger charge is 2.75. The van der Waals surface area contributed by atoms with Crippen LogP contribution in [0.5, 0.6) is 0 Å². The Morgan fingerprint density at radius 1 is 1.14 bits per heavy atom. The molecule has 1 saturated heterocycles. The zero-order chi connectivity index (χ0) is 25.5. The van der Waals surface area contributed by atoms with Crippen LogP contribution < -0.4 is 0 Å². The van der Waals surface area contributed by atoms with Crippen LogP contribution in [0.4, 0.5) is 0 Å². The Balaban J connectivity index is 1.39. The fourth-order valence-corrected chi connectivity index (χ4v) is 10.1. The molecule has 6 rings (SSSR count). The number of allylic oxidation sites excluding steroid dienone is 4. The maximum atomic E-state index is 14.0. The molecule has 4 heteroatoms. The van der Waals surface area contributed by atoms with Gasteiger partial charge in [-0.3, -0.25) is 14.5 Å². The van der Waals surface area contributed by atoms with Crippen LogP contribution in [0.2, 0.25) is 0 Å². The average Bonchev–Trinajstić information content (AvgIpc) is 3.33. The van der Waals surface area contributed by atoms with E-state index in [0.29, 0.717) is 36.4 Å². The number of carbonyl (C=O) groups excluding carboxylic acids is 2. The molecule has 36 heavy (non-hydrogen) atoms. The lowest BCUT2D eigenvalue weighted by Crippen LogP contribution is -2.65. The van der Waals surface area contributed by atoms with Gasteiger partial charge < -0.3 is 5.11 Å². The van der Waals surface area contributed by atoms with Crippen LogP contribution in [0, 0.1) is 39.4 Å². The van der Waals surface area contributed by atoms with Crippen LogP contribution in [0.25, 0.3) is 0 Å². The molecular formula is C32H41NO3. The summed E-state index contributed by atoms with van der Waals surface area (Å²) >= 11 is 0. The Morgan fingerprint density at radius 3 is 2.61 bits per heavy atom. The number of fused-ring (bicyclic) bond motifs is 7. The van der Waals surface area contributed by atoms with Crippen molar-refractivity contribution in [1.82, 2.24) is 4.90 Å². The zero-order valence-corrected chi connectivity index (χ0v) is 22.3. The Morgan fingerprint density at radius 2 is 1.89 bits per heavy atom. The standard InChI is InChI=1S/C32H41NO3/c1-5-27(35)32-20-33(18-21-9-7-6-8-10-21)19-23(32)16-26-25-12-11-22-15-24(34)13-14-29(22,2)31(25,4)28(36)17-30(26,32)3/h6-10,13-15,23,25-26,28,36H,5,11-12,16-20H2,1-4H3/t23-,25-,26-,28-,29-,30-,31+,32+/m0/s1. The molecule has 0 amide bonds. The number of hydrogen-bond acceptors (Lipinski definition) is 4. The summed E-state index contributed by atoms with van der Waals surface area (Å²) in [6.07, 6.45) is 9.31. The molecule has 0 radical (unpaired) electrons. The molecule has 0 bridgehead atoms. The van der Waals surface area contributed by atoms with Crippen molar-refractivity contribution in [2.75, 3.05) is 13.1 Å². The minimum Gasteiger partial charge on any atom is -0.392 e. The number of hydrogen-bond donors (Lipinski definition) is 1. The molecule has 1 aliphatic heterocycles. The van der Waals surface area contributed by atoms with E-state index in [1.165, 1.54) is 11.1 Å². The number of likely N-dealkylation sites (tertiary alicyclic amines) is 1. The first kappa shape index (κ1) is 24.3. The molecule has 0 spiro atoms. The topological polar surface area (TPSA) is 57.6 Å². The van der Waals surface area contributed by atoms with Crippen molar-refractivity contribution in [3.63, 3.8) is 0 Å². The van der Waals surface area contributed by atoms with E-state index in [9.17, 15) is 14.7 Å². The van der Waals surface area contributed by atoms with Crippen molar-refractivity contribution in [1.29, 1.82) is 0 Å². The third-order valence-corrected chi connectivity index (χ3v) is 12.1. The molecule has 1 heterocycles. The Bertz CT molecular complexity index is 1160. The van der Waals surface area contributed by atoms with Crippen molar-refractivity contribution in [3.05, 3.63) is 59.7 Å². The number of rotatable bonds is 4. The monoisotopic (exact) mass is 487 g/mol. The first-order valence-electron chi connectivity index (χ1n) is 14.0. The third-order valence-electron chi connectivity index (χ3n) is 12.1. The molecule has 4 fully saturated rings. The number of aliphatic hydroxyl groups is 1. The summed E-state index contributed by atoms with van der Waals surface area (Å²) in [7, 11) is 0.